The zero-order valence-corrected chi connectivity index (χ0v) is 12.9. The Morgan fingerprint density at radius 2 is 2.32 bits per heavy atom. The van der Waals surface area contributed by atoms with Crippen molar-refractivity contribution in [3.8, 4) is 0 Å². The molecule has 2 heterocycles. The summed E-state index contributed by atoms with van der Waals surface area (Å²) in [6.45, 7) is 5.74. The Bertz CT molecular complexity index is 383. The zero-order valence-electron chi connectivity index (χ0n) is 11.3. The molecule has 0 bridgehead atoms. The summed E-state index contributed by atoms with van der Waals surface area (Å²) in [5.41, 5.74) is 1.42. The minimum absolute atomic E-state index is 0.480. The molecule has 6 heteroatoms. The SMILES string of the molecule is COCNC(=S)N1CCCN(Cc2ccsc2)CC1. The Labute approximate surface area is 124 Å². The maximum Gasteiger partial charge on any atom is 0.170 e. The number of nitrogens with zero attached hydrogens (tertiary/aromatic N) is 2. The van der Waals surface area contributed by atoms with Gasteiger partial charge in [-0.2, -0.15) is 11.3 Å². The Morgan fingerprint density at radius 3 is 3.05 bits per heavy atom. The maximum atomic E-state index is 5.37. The molecule has 1 fully saturated rings. The molecule has 1 N–H and O–H groups in total. The highest BCUT2D eigenvalue weighted by atomic mass is 32.1. The number of ether oxygens (including phenoxy) is 1. The van der Waals surface area contributed by atoms with E-state index in [4.69, 9.17) is 17.0 Å². The average Bonchev–Trinajstić information content (AvgIpc) is 2.81. The van der Waals surface area contributed by atoms with Gasteiger partial charge in [0.2, 0.25) is 0 Å². The van der Waals surface area contributed by atoms with Crippen LogP contribution in [0.2, 0.25) is 0 Å². The van der Waals surface area contributed by atoms with E-state index in [0.29, 0.717) is 6.73 Å². The first-order chi connectivity index (χ1) is 9.29. The highest BCUT2D eigenvalue weighted by molar-refractivity contribution is 7.80. The summed E-state index contributed by atoms with van der Waals surface area (Å²) < 4.78 is 4.99. The van der Waals surface area contributed by atoms with Gasteiger partial charge in [-0.15, -0.1) is 0 Å². The summed E-state index contributed by atoms with van der Waals surface area (Å²) in [5, 5.41) is 8.29. The number of rotatable bonds is 4. The molecule has 0 atom stereocenters. The van der Waals surface area contributed by atoms with Gasteiger partial charge < -0.3 is 15.0 Å². The molecule has 0 spiro atoms. The number of hydrogen-bond acceptors (Lipinski definition) is 4. The van der Waals surface area contributed by atoms with E-state index in [1.165, 1.54) is 5.56 Å². The van der Waals surface area contributed by atoms with Crippen molar-refractivity contribution in [3.05, 3.63) is 22.4 Å². The Balaban J connectivity index is 1.79. The van der Waals surface area contributed by atoms with E-state index >= 15 is 0 Å². The van der Waals surface area contributed by atoms with Crippen molar-refractivity contribution < 1.29 is 4.74 Å². The van der Waals surface area contributed by atoms with E-state index in [0.717, 1.165) is 44.3 Å². The molecule has 2 rings (SSSR count). The van der Waals surface area contributed by atoms with Crippen LogP contribution in [0.3, 0.4) is 0 Å². The molecule has 0 aromatic carbocycles. The predicted octanol–water partition coefficient (Wildman–Crippen LogP) is 1.73. The van der Waals surface area contributed by atoms with Gasteiger partial charge in [-0.1, -0.05) is 0 Å². The van der Waals surface area contributed by atoms with Crippen LogP contribution in [-0.2, 0) is 11.3 Å². The minimum atomic E-state index is 0.480. The topological polar surface area (TPSA) is 27.7 Å². The van der Waals surface area contributed by atoms with Crippen molar-refractivity contribution in [2.24, 2.45) is 0 Å². The molecular weight excluding hydrogens is 278 g/mol. The number of thiocarbonyl (C=S) groups is 1. The zero-order chi connectivity index (χ0) is 13.5. The van der Waals surface area contributed by atoms with Gasteiger partial charge in [0.05, 0.1) is 0 Å². The van der Waals surface area contributed by atoms with Crippen molar-refractivity contribution in [3.63, 3.8) is 0 Å². The lowest BCUT2D eigenvalue weighted by Gasteiger charge is -2.24. The van der Waals surface area contributed by atoms with Crippen LogP contribution in [0.1, 0.15) is 12.0 Å². The maximum absolute atomic E-state index is 5.37. The van der Waals surface area contributed by atoms with Gasteiger partial charge in [0.25, 0.3) is 0 Å². The van der Waals surface area contributed by atoms with Crippen LogP contribution in [0.25, 0.3) is 0 Å². The summed E-state index contributed by atoms with van der Waals surface area (Å²) in [5.74, 6) is 0. The number of methoxy groups -OCH3 is 1. The molecule has 0 radical (unpaired) electrons. The van der Waals surface area contributed by atoms with Gasteiger partial charge in [0.15, 0.2) is 5.11 Å². The molecule has 1 aromatic heterocycles. The van der Waals surface area contributed by atoms with Gasteiger partial charge in [-0.05, 0) is 41.0 Å². The molecule has 4 nitrogen and oxygen atoms in total. The highest BCUT2D eigenvalue weighted by Gasteiger charge is 2.16. The standard InChI is InChI=1S/C13H21N3OS2/c1-17-11-14-13(18)16-5-2-4-15(6-7-16)9-12-3-8-19-10-12/h3,8,10H,2,4-7,9,11H2,1H3,(H,14,18). The lowest BCUT2D eigenvalue weighted by Crippen LogP contribution is -2.42. The van der Waals surface area contributed by atoms with Crippen molar-refractivity contribution in [2.45, 2.75) is 13.0 Å². The molecule has 1 aromatic rings. The summed E-state index contributed by atoms with van der Waals surface area (Å²) in [7, 11) is 1.67. The first-order valence-corrected chi connectivity index (χ1v) is 7.90. The molecule has 0 unspecified atom stereocenters. The summed E-state index contributed by atoms with van der Waals surface area (Å²) in [6, 6.07) is 2.21. The predicted molar refractivity (Wildman–Crippen MR) is 83.4 cm³/mol. The third-order valence-electron chi connectivity index (χ3n) is 3.23. The van der Waals surface area contributed by atoms with Crippen molar-refractivity contribution in [2.75, 3.05) is 40.0 Å². The van der Waals surface area contributed by atoms with E-state index in [2.05, 4.69) is 31.9 Å². The summed E-state index contributed by atoms with van der Waals surface area (Å²) in [6.07, 6.45) is 1.15. The number of hydrogen-bond donors (Lipinski definition) is 1. The van der Waals surface area contributed by atoms with E-state index in [1.54, 1.807) is 18.4 Å². The molecule has 1 aliphatic rings. The van der Waals surface area contributed by atoms with Crippen molar-refractivity contribution in [1.29, 1.82) is 0 Å². The second-order valence-electron chi connectivity index (χ2n) is 4.66. The fourth-order valence-electron chi connectivity index (χ4n) is 2.22. The lowest BCUT2D eigenvalue weighted by molar-refractivity contribution is 0.188. The summed E-state index contributed by atoms with van der Waals surface area (Å²) >= 11 is 7.14. The fourth-order valence-corrected chi connectivity index (χ4v) is 3.12. The van der Waals surface area contributed by atoms with Crippen molar-refractivity contribution >= 4 is 28.7 Å². The quantitative estimate of drug-likeness (QED) is 0.675. The van der Waals surface area contributed by atoms with E-state index in [-0.39, 0.29) is 0 Å². The second kappa shape index (κ2) is 7.79. The van der Waals surface area contributed by atoms with E-state index in [1.807, 2.05) is 0 Å². The largest absolute Gasteiger partial charge is 0.365 e. The first-order valence-electron chi connectivity index (χ1n) is 6.54. The Kier molecular flexibility index (Phi) is 6.03. The fraction of sp³-hybridized carbons (Fsp3) is 0.615. The van der Waals surface area contributed by atoms with Crippen LogP contribution in [0.5, 0.6) is 0 Å². The van der Waals surface area contributed by atoms with Crippen LogP contribution in [0.15, 0.2) is 16.8 Å². The summed E-state index contributed by atoms with van der Waals surface area (Å²) in [4.78, 5) is 4.74. The first kappa shape index (κ1) is 14.7. The second-order valence-corrected chi connectivity index (χ2v) is 5.83. The Hall–Kier alpha value is -0.690. The lowest BCUT2D eigenvalue weighted by atomic mass is 10.3. The highest BCUT2D eigenvalue weighted by Crippen LogP contribution is 2.12. The third-order valence-corrected chi connectivity index (χ3v) is 4.36. The molecule has 1 saturated heterocycles. The minimum Gasteiger partial charge on any atom is -0.365 e. The number of nitrogens with one attached hydrogen (secondary N) is 1. The smallest absolute Gasteiger partial charge is 0.170 e. The van der Waals surface area contributed by atoms with Crippen LogP contribution >= 0.6 is 23.6 Å². The molecular formula is C13H21N3OS2. The molecule has 1 aliphatic heterocycles. The molecule has 19 heavy (non-hydrogen) atoms. The van der Waals surface area contributed by atoms with Gasteiger partial charge in [-0.3, -0.25) is 4.90 Å². The van der Waals surface area contributed by atoms with Crippen LogP contribution in [-0.4, -0.2) is 54.9 Å². The molecule has 0 saturated carbocycles. The monoisotopic (exact) mass is 299 g/mol. The molecule has 106 valence electrons. The van der Waals surface area contributed by atoms with Crippen LogP contribution < -0.4 is 5.32 Å². The van der Waals surface area contributed by atoms with Crippen molar-refractivity contribution in [1.82, 2.24) is 15.1 Å². The van der Waals surface area contributed by atoms with Gasteiger partial charge in [-0.25, -0.2) is 0 Å². The number of thiophene rings is 1. The van der Waals surface area contributed by atoms with E-state index < -0.39 is 0 Å². The Morgan fingerprint density at radius 1 is 1.42 bits per heavy atom. The van der Waals surface area contributed by atoms with Crippen LogP contribution in [0.4, 0.5) is 0 Å². The normalized spacial score (nSPS) is 17.2. The van der Waals surface area contributed by atoms with Crippen LogP contribution in [0, 0.1) is 0 Å². The molecule has 0 amide bonds. The average molecular weight is 299 g/mol. The third kappa shape index (κ3) is 4.72. The van der Waals surface area contributed by atoms with Gasteiger partial charge in [0, 0.05) is 39.8 Å². The molecule has 0 aliphatic carbocycles. The van der Waals surface area contributed by atoms with E-state index in [9.17, 15) is 0 Å². The van der Waals surface area contributed by atoms with Gasteiger partial charge >= 0.3 is 0 Å². The van der Waals surface area contributed by atoms with Gasteiger partial charge in [0.1, 0.15) is 6.73 Å².